The van der Waals surface area contributed by atoms with Gasteiger partial charge >= 0.3 is 0 Å². The van der Waals surface area contributed by atoms with Gasteiger partial charge in [-0.1, -0.05) is 36.4 Å². The summed E-state index contributed by atoms with van der Waals surface area (Å²) in [5, 5.41) is 0.529. The van der Waals surface area contributed by atoms with Crippen molar-refractivity contribution in [3.8, 4) is 0 Å². The van der Waals surface area contributed by atoms with E-state index in [4.69, 9.17) is 4.98 Å². The van der Waals surface area contributed by atoms with E-state index in [9.17, 15) is 9.59 Å². The zero-order valence-corrected chi connectivity index (χ0v) is 14.5. The highest BCUT2D eigenvalue weighted by molar-refractivity contribution is 5.98. The molecule has 0 saturated heterocycles. The first-order chi connectivity index (χ1) is 12.6. The molecule has 1 aliphatic heterocycles. The number of carbonyl (C=O) groups is 1. The van der Waals surface area contributed by atoms with Crippen LogP contribution >= 0.6 is 0 Å². The molecule has 0 fully saturated rings. The lowest BCUT2D eigenvalue weighted by atomic mass is 10.0. The van der Waals surface area contributed by atoms with Gasteiger partial charge in [-0.05, 0) is 37.6 Å². The summed E-state index contributed by atoms with van der Waals surface area (Å²) in [6.45, 7) is 5.59. The minimum absolute atomic E-state index is 0.116. The molecule has 0 N–H and O–H groups in total. The van der Waals surface area contributed by atoms with Crippen LogP contribution in [0.25, 0.3) is 10.9 Å². The fourth-order valence-electron chi connectivity index (χ4n) is 3.62. The van der Waals surface area contributed by atoms with Crippen molar-refractivity contribution in [2.75, 3.05) is 4.90 Å². The van der Waals surface area contributed by atoms with E-state index in [0.717, 1.165) is 5.69 Å². The molecule has 0 unspecified atom stereocenters. The SMILES string of the molecule is C=CC[C@@H]1c2nc3ccccc3c(=O)n2[C@@H](C)C(=O)N1c1ccccc1. The summed E-state index contributed by atoms with van der Waals surface area (Å²) < 4.78 is 1.54. The Bertz CT molecular complexity index is 1060. The molecule has 1 amide bonds. The molecule has 5 nitrogen and oxygen atoms in total. The van der Waals surface area contributed by atoms with E-state index < -0.39 is 6.04 Å². The summed E-state index contributed by atoms with van der Waals surface area (Å²) in [7, 11) is 0. The molecule has 0 spiro atoms. The zero-order valence-electron chi connectivity index (χ0n) is 14.5. The minimum Gasteiger partial charge on any atom is -0.300 e. The van der Waals surface area contributed by atoms with Crippen LogP contribution in [0.4, 0.5) is 5.69 Å². The van der Waals surface area contributed by atoms with Crippen molar-refractivity contribution in [1.29, 1.82) is 0 Å². The van der Waals surface area contributed by atoms with Crippen LogP contribution in [0.5, 0.6) is 0 Å². The Morgan fingerprint density at radius 1 is 1.08 bits per heavy atom. The van der Waals surface area contributed by atoms with Crippen LogP contribution in [-0.4, -0.2) is 15.5 Å². The van der Waals surface area contributed by atoms with Crippen molar-refractivity contribution in [3.63, 3.8) is 0 Å². The van der Waals surface area contributed by atoms with Gasteiger partial charge in [-0.15, -0.1) is 6.58 Å². The Morgan fingerprint density at radius 3 is 2.50 bits per heavy atom. The van der Waals surface area contributed by atoms with Crippen molar-refractivity contribution < 1.29 is 4.79 Å². The lowest BCUT2D eigenvalue weighted by Gasteiger charge is -2.39. The van der Waals surface area contributed by atoms with Crippen molar-refractivity contribution in [1.82, 2.24) is 9.55 Å². The number of hydrogen-bond acceptors (Lipinski definition) is 3. The maximum absolute atomic E-state index is 13.2. The highest BCUT2D eigenvalue weighted by Gasteiger charge is 2.39. The molecule has 0 bridgehead atoms. The van der Waals surface area contributed by atoms with Gasteiger partial charge in [0.2, 0.25) is 0 Å². The van der Waals surface area contributed by atoms with Crippen LogP contribution in [-0.2, 0) is 4.79 Å². The van der Waals surface area contributed by atoms with Crippen LogP contribution in [0.2, 0.25) is 0 Å². The summed E-state index contributed by atoms with van der Waals surface area (Å²) in [5.41, 5.74) is 1.27. The Morgan fingerprint density at radius 2 is 1.77 bits per heavy atom. The zero-order chi connectivity index (χ0) is 18.3. The number of fused-ring (bicyclic) bond motifs is 2. The average Bonchev–Trinajstić information content (AvgIpc) is 2.67. The molecule has 2 atom stereocenters. The molecule has 2 heterocycles. The Labute approximate surface area is 151 Å². The number of amides is 1. The van der Waals surface area contributed by atoms with Crippen LogP contribution in [0.3, 0.4) is 0 Å². The fourth-order valence-corrected chi connectivity index (χ4v) is 3.62. The van der Waals surface area contributed by atoms with Gasteiger partial charge in [-0.3, -0.25) is 19.1 Å². The van der Waals surface area contributed by atoms with E-state index in [0.29, 0.717) is 23.1 Å². The fraction of sp³-hybridized carbons (Fsp3) is 0.190. The van der Waals surface area contributed by atoms with E-state index in [1.807, 2.05) is 48.5 Å². The number of anilines is 1. The number of carbonyl (C=O) groups excluding carboxylic acids is 1. The molecule has 0 saturated carbocycles. The first-order valence-corrected chi connectivity index (χ1v) is 8.63. The molecule has 4 rings (SSSR count). The van der Waals surface area contributed by atoms with E-state index in [-0.39, 0.29) is 17.5 Å². The molecule has 2 aromatic carbocycles. The summed E-state index contributed by atoms with van der Waals surface area (Å²) in [5.74, 6) is 0.485. The molecule has 26 heavy (non-hydrogen) atoms. The second-order valence-electron chi connectivity index (χ2n) is 6.42. The van der Waals surface area contributed by atoms with E-state index in [1.54, 1.807) is 24.0 Å². The predicted octanol–water partition coefficient (Wildman–Crippen LogP) is 3.62. The first-order valence-electron chi connectivity index (χ1n) is 8.63. The van der Waals surface area contributed by atoms with Crippen molar-refractivity contribution in [2.24, 2.45) is 0 Å². The molecular formula is C21H19N3O2. The quantitative estimate of drug-likeness (QED) is 0.681. The maximum Gasteiger partial charge on any atom is 0.262 e. The van der Waals surface area contributed by atoms with Gasteiger partial charge in [-0.25, -0.2) is 4.98 Å². The highest BCUT2D eigenvalue weighted by Crippen LogP contribution is 2.36. The lowest BCUT2D eigenvalue weighted by molar-refractivity contribution is -0.123. The van der Waals surface area contributed by atoms with Gasteiger partial charge in [-0.2, -0.15) is 0 Å². The summed E-state index contributed by atoms with van der Waals surface area (Å²) in [4.78, 5) is 32.7. The normalized spacial score (nSPS) is 19.4. The number of aromatic nitrogens is 2. The van der Waals surface area contributed by atoms with Crippen molar-refractivity contribution in [2.45, 2.75) is 25.4 Å². The average molecular weight is 345 g/mol. The second-order valence-corrected chi connectivity index (χ2v) is 6.42. The Balaban J connectivity index is 2.01. The van der Waals surface area contributed by atoms with Gasteiger partial charge in [0.25, 0.3) is 11.5 Å². The largest absolute Gasteiger partial charge is 0.300 e. The summed E-state index contributed by atoms with van der Waals surface area (Å²) >= 11 is 0. The monoisotopic (exact) mass is 345 g/mol. The number of para-hydroxylation sites is 2. The van der Waals surface area contributed by atoms with Crippen LogP contribution in [0.15, 0.2) is 72.0 Å². The third kappa shape index (κ3) is 2.36. The van der Waals surface area contributed by atoms with Crippen LogP contribution in [0.1, 0.15) is 31.3 Å². The molecule has 5 heteroatoms. The first kappa shape index (κ1) is 16.3. The topological polar surface area (TPSA) is 55.2 Å². The smallest absolute Gasteiger partial charge is 0.262 e. The van der Waals surface area contributed by atoms with E-state index in [1.165, 1.54) is 4.57 Å². The highest BCUT2D eigenvalue weighted by atomic mass is 16.2. The molecule has 130 valence electrons. The lowest BCUT2D eigenvalue weighted by Crippen LogP contribution is -2.49. The molecular weight excluding hydrogens is 326 g/mol. The molecule has 0 radical (unpaired) electrons. The molecule has 1 aliphatic rings. The van der Waals surface area contributed by atoms with Gasteiger partial charge in [0, 0.05) is 5.69 Å². The van der Waals surface area contributed by atoms with Gasteiger partial charge in [0.1, 0.15) is 11.9 Å². The molecule has 3 aromatic rings. The van der Waals surface area contributed by atoms with Gasteiger partial charge in [0.05, 0.1) is 16.9 Å². The molecule has 0 aliphatic carbocycles. The van der Waals surface area contributed by atoms with E-state index >= 15 is 0 Å². The minimum atomic E-state index is -0.615. The standard InChI is InChI=1S/C21H19N3O2/c1-3-9-18-19-22-17-13-8-7-12-16(17)21(26)23(19)14(2)20(25)24(18)15-10-5-4-6-11-15/h3-8,10-14,18H,1,9H2,2H3/t14-,18+/m0/s1. The summed E-state index contributed by atoms with van der Waals surface area (Å²) in [6, 6.07) is 15.8. The van der Waals surface area contributed by atoms with Gasteiger partial charge in [0.15, 0.2) is 0 Å². The third-order valence-electron chi connectivity index (χ3n) is 4.85. The number of nitrogens with zero attached hydrogens (tertiary/aromatic N) is 3. The van der Waals surface area contributed by atoms with Crippen LogP contribution < -0.4 is 10.5 Å². The number of benzene rings is 2. The predicted molar refractivity (Wildman–Crippen MR) is 102 cm³/mol. The van der Waals surface area contributed by atoms with Gasteiger partial charge < -0.3 is 0 Å². The Hall–Kier alpha value is -3.21. The number of hydrogen-bond donors (Lipinski definition) is 0. The Kier molecular flexibility index (Phi) is 3.92. The third-order valence-corrected chi connectivity index (χ3v) is 4.85. The number of rotatable bonds is 3. The maximum atomic E-state index is 13.2. The molecule has 1 aromatic heterocycles. The van der Waals surface area contributed by atoms with Crippen LogP contribution in [0, 0.1) is 0 Å². The van der Waals surface area contributed by atoms with Crippen molar-refractivity contribution >= 4 is 22.5 Å². The summed E-state index contributed by atoms with van der Waals surface area (Å²) in [6.07, 6.45) is 2.27. The van der Waals surface area contributed by atoms with E-state index in [2.05, 4.69) is 6.58 Å². The van der Waals surface area contributed by atoms with Crippen molar-refractivity contribution in [3.05, 3.63) is 83.4 Å². The second kappa shape index (κ2) is 6.26.